The van der Waals surface area contributed by atoms with Crippen molar-refractivity contribution in [2.75, 3.05) is 13.6 Å². The molecule has 0 aliphatic carbocycles. The third-order valence-corrected chi connectivity index (χ3v) is 3.28. The fraction of sp³-hybridized carbons (Fsp3) is 0.500. The van der Waals surface area contributed by atoms with Gasteiger partial charge in [-0.25, -0.2) is 0 Å². The van der Waals surface area contributed by atoms with E-state index in [0.717, 1.165) is 6.54 Å². The van der Waals surface area contributed by atoms with Crippen molar-refractivity contribution in [2.24, 2.45) is 5.73 Å². The van der Waals surface area contributed by atoms with Gasteiger partial charge in [0.05, 0.1) is 11.0 Å². The summed E-state index contributed by atoms with van der Waals surface area (Å²) in [4.78, 5) is 2.80. The Morgan fingerprint density at radius 2 is 2.06 bits per heavy atom. The van der Waals surface area contributed by atoms with Crippen LogP contribution in [0.4, 0.5) is 0 Å². The number of hydrogen-bond acceptors (Lipinski definition) is 2. The molecule has 0 amide bonds. The first-order valence-corrected chi connectivity index (χ1v) is 6.53. The molecule has 94 valence electrons. The molecule has 0 aliphatic rings. The molecule has 2 nitrogen and oxygen atoms in total. The maximum atomic E-state index is 5.90. The van der Waals surface area contributed by atoms with Gasteiger partial charge in [-0.2, -0.15) is 0 Å². The van der Waals surface area contributed by atoms with Gasteiger partial charge in [0, 0.05) is 0 Å². The predicted octanol–water partition coefficient (Wildman–Crippen LogP) is 3.05. The van der Waals surface area contributed by atoms with Gasteiger partial charge in [-0.3, -0.25) is 4.90 Å². The summed E-state index contributed by atoms with van der Waals surface area (Å²) >= 11 is 5.22. The van der Waals surface area contributed by atoms with Crippen LogP contribution in [0.15, 0.2) is 24.3 Å². The van der Waals surface area contributed by atoms with Crippen molar-refractivity contribution in [1.29, 1.82) is 0 Å². The van der Waals surface area contributed by atoms with Gasteiger partial charge < -0.3 is 5.73 Å². The molecule has 3 heteroatoms. The summed E-state index contributed by atoms with van der Waals surface area (Å²) in [5.74, 6) is 0. The molecule has 2 N–H and O–H groups in total. The molecule has 0 fully saturated rings. The van der Waals surface area contributed by atoms with E-state index < -0.39 is 0 Å². The Hall–Kier alpha value is -0.930. The van der Waals surface area contributed by atoms with Gasteiger partial charge in [0.2, 0.25) is 0 Å². The Morgan fingerprint density at radius 1 is 1.41 bits per heavy atom. The number of nitrogens with zero attached hydrogens (tertiary/aromatic N) is 1. The normalized spacial score (nSPS) is 12.7. The Labute approximate surface area is 110 Å². The zero-order chi connectivity index (χ0) is 12.8. The molecule has 0 heterocycles. The lowest BCUT2D eigenvalue weighted by Crippen LogP contribution is -2.35. The first-order chi connectivity index (χ1) is 8.07. The molecule has 1 unspecified atom stereocenters. The Morgan fingerprint density at radius 3 is 2.59 bits per heavy atom. The van der Waals surface area contributed by atoms with E-state index in [9.17, 15) is 0 Å². The van der Waals surface area contributed by atoms with E-state index in [-0.39, 0.29) is 6.04 Å². The molecule has 0 saturated carbocycles. The molecule has 0 spiro atoms. The summed E-state index contributed by atoms with van der Waals surface area (Å²) in [5.41, 5.74) is 8.37. The molecule has 1 aromatic rings. The first-order valence-electron chi connectivity index (χ1n) is 6.13. The van der Waals surface area contributed by atoms with Crippen LogP contribution in [0.1, 0.15) is 36.9 Å². The van der Waals surface area contributed by atoms with Crippen LogP contribution in [-0.2, 0) is 0 Å². The summed E-state index contributed by atoms with van der Waals surface area (Å²) in [6, 6.07) is 8.36. The van der Waals surface area contributed by atoms with Crippen LogP contribution in [0, 0.1) is 6.92 Å². The number of thiocarbonyl (C=S) groups is 1. The molecule has 0 saturated heterocycles. The molecule has 17 heavy (non-hydrogen) atoms. The smallest absolute Gasteiger partial charge is 0.0948 e. The molecule has 1 aromatic carbocycles. The minimum Gasteiger partial charge on any atom is -0.392 e. The molecule has 1 rings (SSSR count). The van der Waals surface area contributed by atoms with Gasteiger partial charge in [0.25, 0.3) is 0 Å². The van der Waals surface area contributed by atoms with Gasteiger partial charge in [-0.1, -0.05) is 49.8 Å². The number of hydrogen-bond donors (Lipinski definition) is 1. The Balaban J connectivity index is 2.93. The lowest BCUT2D eigenvalue weighted by atomic mass is 10.00. The number of likely N-dealkylation sites (N-methyl/N-ethyl adjacent to an activating group) is 1. The van der Waals surface area contributed by atoms with E-state index in [4.69, 9.17) is 18.0 Å². The van der Waals surface area contributed by atoms with Gasteiger partial charge >= 0.3 is 0 Å². The summed E-state index contributed by atoms with van der Waals surface area (Å²) in [6.07, 6.45) is 2.35. The van der Waals surface area contributed by atoms with Crippen molar-refractivity contribution in [3.63, 3.8) is 0 Å². The maximum Gasteiger partial charge on any atom is 0.0948 e. The predicted molar refractivity (Wildman–Crippen MR) is 78.2 cm³/mol. The number of nitrogens with two attached hydrogens (primary N) is 1. The van der Waals surface area contributed by atoms with Crippen molar-refractivity contribution < 1.29 is 0 Å². The molecular weight excluding hydrogens is 228 g/mol. The minimum atomic E-state index is 0.0535. The zero-order valence-corrected chi connectivity index (χ0v) is 11.8. The third-order valence-electron chi connectivity index (χ3n) is 3.06. The fourth-order valence-electron chi connectivity index (χ4n) is 2.04. The highest BCUT2D eigenvalue weighted by Crippen LogP contribution is 2.23. The molecular formula is C14H22N2S. The second-order valence-electron chi connectivity index (χ2n) is 4.50. The topological polar surface area (TPSA) is 29.3 Å². The van der Waals surface area contributed by atoms with E-state index in [0.29, 0.717) is 4.99 Å². The summed E-state index contributed by atoms with van der Waals surface area (Å²) < 4.78 is 0. The average Bonchev–Trinajstić information content (AvgIpc) is 2.29. The second-order valence-corrected chi connectivity index (χ2v) is 4.97. The number of unbranched alkanes of at least 4 members (excludes halogenated alkanes) is 1. The lowest BCUT2D eigenvalue weighted by molar-refractivity contribution is 0.296. The monoisotopic (exact) mass is 250 g/mol. The molecule has 0 aromatic heterocycles. The van der Waals surface area contributed by atoms with Crippen molar-refractivity contribution in [3.8, 4) is 0 Å². The number of aryl methyl sites for hydroxylation is 1. The van der Waals surface area contributed by atoms with Gasteiger partial charge in [0.15, 0.2) is 0 Å². The van der Waals surface area contributed by atoms with Crippen LogP contribution >= 0.6 is 12.2 Å². The van der Waals surface area contributed by atoms with Crippen LogP contribution in [0.25, 0.3) is 0 Å². The molecule has 1 atom stereocenters. The van der Waals surface area contributed by atoms with E-state index in [2.05, 4.69) is 37.9 Å². The summed E-state index contributed by atoms with van der Waals surface area (Å²) in [7, 11) is 2.09. The minimum absolute atomic E-state index is 0.0535. The highest BCUT2D eigenvalue weighted by atomic mass is 32.1. The van der Waals surface area contributed by atoms with Crippen LogP contribution in [0.5, 0.6) is 0 Å². The zero-order valence-electron chi connectivity index (χ0n) is 10.9. The van der Waals surface area contributed by atoms with E-state index in [1.165, 1.54) is 24.0 Å². The first kappa shape index (κ1) is 14.1. The third kappa shape index (κ3) is 3.79. The van der Waals surface area contributed by atoms with Crippen LogP contribution < -0.4 is 5.73 Å². The highest BCUT2D eigenvalue weighted by molar-refractivity contribution is 7.80. The van der Waals surface area contributed by atoms with Gasteiger partial charge in [-0.05, 0) is 38.1 Å². The van der Waals surface area contributed by atoms with Crippen molar-refractivity contribution in [3.05, 3.63) is 35.4 Å². The van der Waals surface area contributed by atoms with Crippen molar-refractivity contribution in [1.82, 2.24) is 4.90 Å². The van der Waals surface area contributed by atoms with Crippen LogP contribution in [0.3, 0.4) is 0 Å². The Kier molecular flexibility index (Phi) is 5.59. The van der Waals surface area contributed by atoms with Gasteiger partial charge in [0.1, 0.15) is 0 Å². The molecule has 0 aliphatic heterocycles. The standard InChI is InChI=1S/C14H22N2S/c1-4-5-10-16(3)13(14(15)17)12-9-7-6-8-11(12)2/h6-9,13H,4-5,10H2,1-3H3,(H2,15,17). The van der Waals surface area contributed by atoms with E-state index in [1.807, 2.05) is 12.1 Å². The second kappa shape index (κ2) is 6.72. The van der Waals surface area contributed by atoms with Crippen molar-refractivity contribution in [2.45, 2.75) is 32.7 Å². The average molecular weight is 250 g/mol. The number of rotatable bonds is 6. The SMILES string of the molecule is CCCCN(C)C(C(N)=S)c1ccccc1C. The van der Waals surface area contributed by atoms with Crippen LogP contribution in [0.2, 0.25) is 0 Å². The highest BCUT2D eigenvalue weighted by Gasteiger charge is 2.20. The molecule has 0 radical (unpaired) electrons. The summed E-state index contributed by atoms with van der Waals surface area (Å²) in [5, 5.41) is 0. The summed E-state index contributed by atoms with van der Waals surface area (Å²) in [6.45, 7) is 5.32. The van der Waals surface area contributed by atoms with Crippen molar-refractivity contribution >= 4 is 17.2 Å². The largest absolute Gasteiger partial charge is 0.392 e. The van der Waals surface area contributed by atoms with E-state index in [1.54, 1.807) is 0 Å². The fourth-order valence-corrected chi connectivity index (χ4v) is 2.35. The Bertz CT molecular complexity index is 376. The van der Waals surface area contributed by atoms with Crippen LogP contribution in [-0.4, -0.2) is 23.5 Å². The number of benzene rings is 1. The molecule has 0 bridgehead atoms. The maximum absolute atomic E-state index is 5.90. The lowest BCUT2D eigenvalue weighted by Gasteiger charge is -2.28. The van der Waals surface area contributed by atoms with E-state index >= 15 is 0 Å². The van der Waals surface area contributed by atoms with Gasteiger partial charge in [-0.15, -0.1) is 0 Å². The quantitative estimate of drug-likeness (QED) is 0.787.